The molecule has 0 aromatic heterocycles. The van der Waals surface area contributed by atoms with E-state index in [1.807, 2.05) is 0 Å². The number of amides is 1. The maximum absolute atomic E-state index is 13.4. The van der Waals surface area contributed by atoms with E-state index in [-0.39, 0.29) is 11.4 Å². The third-order valence-electron chi connectivity index (χ3n) is 3.49. The highest BCUT2D eigenvalue weighted by molar-refractivity contribution is 8.00. The van der Waals surface area contributed by atoms with Crippen LogP contribution in [0.1, 0.15) is 12.5 Å². The Bertz CT molecular complexity index is 857. The van der Waals surface area contributed by atoms with Gasteiger partial charge in [0.2, 0.25) is 0 Å². The van der Waals surface area contributed by atoms with Gasteiger partial charge in [0.05, 0.1) is 4.92 Å². The highest BCUT2D eigenvalue weighted by Crippen LogP contribution is 2.26. The summed E-state index contributed by atoms with van der Waals surface area (Å²) in [6.07, 6.45) is 0. The van der Waals surface area contributed by atoms with E-state index in [0.29, 0.717) is 10.5 Å². The first kappa shape index (κ1) is 20.4. The predicted molar refractivity (Wildman–Crippen MR) is 99.1 cm³/mol. The number of rotatable bonds is 7. The van der Waals surface area contributed by atoms with Gasteiger partial charge < -0.3 is 10.1 Å². The molecule has 1 amide bonds. The molecule has 1 N–H and O–H groups in total. The average Bonchev–Trinajstić information content (AvgIpc) is 2.63. The van der Waals surface area contributed by atoms with Crippen LogP contribution in [0, 0.1) is 22.9 Å². The summed E-state index contributed by atoms with van der Waals surface area (Å²) in [7, 11) is 0. The van der Waals surface area contributed by atoms with Gasteiger partial charge >= 0.3 is 5.97 Å². The van der Waals surface area contributed by atoms with Gasteiger partial charge in [-0.1, -0.05) is 6.07 Å². The summed E-state index contributed by atoms with van der Waals surface area (Å²) in [6.45, 7) is 2.70. The SMILES string of the molecule is Cc1ccc(NC(=O)COC(=O)[C@H](C)Sc2ccc([N+](=O)[O-])cc2)cc1F. The van der Waals surface area contributed by atoms with E-state index < -0.39 is 34.5 Å². The van der Waals surface area contributed by atoms with E-state index >= 15 is 0 Å². The standard InChI is InChI=1S/C18H17FN2O5S/c1-11-3-4-13(9-16(11)19)20-17(22)10-26-18(23)12(2)27-15-7-5-14(6-8-15)21(24)25/h3-9,12H,10H2,1-2H3,(H,20,22)/t12-/m0/s1. The smallest absolute Gasteiger partial charge is 0.319 e. The largest absolute Gasteiger partial charge is 0.455 e. The highest BCUT2D eigenvalue weighted by Gasteiger charge is 2.18. The van der Waals surface area contributed by atoms with Gasteiger partial charge in [-0.2, -0.15) is 0 Å². The van der Waals surface area contributed by atoms with E-state index in [2.05, 4.69) is 5.32 Å². The molecular weight excluding hydrogens is 375 g/mol. The van der Waals surface area contributed by atoms with Crippen molar-refractivity contribution in [1.82, 2.24) is 0 Å². The number of hydrogen-bond acceptors (Lipinski definition) is 6. The Morgan fingerprint density at radius 3 is 2.52 bits per heavy atom. The quantitative estimate of drug-likeness (QED) is 0.334. The molecular formula is C18H17FN2O5S. The lowest BCUT2D eigenvalue weighted by molar-refractivity contribution is -0.384. The minimum absolute atomic E-state index is 0.0428. The number of esters is 1. The maximum Gasteiger partial charge on any atom is 0.319 e. The van der Waals surface area contributed by atoms with Gasteiger partial charge in [0, 0.05) is 22.7 Å². The van der Waals surface area contributed by atoms with Crippen LogP contribution < -0.4 is 5.32 Å². The molecule has 2 aromatic rings. The van der Waals surface area contributed by atoms with Crippen LogP contribution in [0.25, 0.3) is 0 Å². The Hall–Kier alpha value is -2.94. The molecule has 0 fully saturated rings. The van der Waals surface area contributed by atoms with E-state index in [0.717, 1.165) is 11.8 Å². The van der Waals surface area contributed by atoms with E-state index in [9.17, 15) is 24.1 Å². The molecule has 142 valence electrons. The van der Waals surface area contributed by atoms with Crippen LogP contribution in [0.15, 0.2) is 47.4 Å². The fourth-order valence-corrected chi connectivity index (χ4v) is 2.89. The number of benzene rings is 2. The number of nitrogens with one attached hydrogen (secondary N) is 1. The second-order valence-electron chi connectivity index (χ2n) is 5.63. The minimum Gasteiger partial charge on any atom is -0.455 e. The lowest BCUT2D eigenvalue weighted by atomic mass is 10.2. The zero-order chi connectivity index (χ0) is 20.0. The third kappa shape index (κ3) is 6.07. The number of hydrogen-bond donors (Lipinski definition) is 1. The van der Waals surface area contributed by atoms with Crippen molar-refractivity contribution in [3.63, 3.8) is 0 Å². The van der Waals surface area contributed by atoms with Gasteiger partial charge in [0.15, 0.2) is 6.61 Å². The lowest BCUT2D eigenvalue weighted by Gasteiger charge is -2.11. The Balaban J connectivity index is 1.82. The molecule has 2 aromatic carbocycles. The van der Waals surface area contributed by atoms with Crippen LogP contribution in [0.4, 0.5) is 15.8 Å². The maximum atomic E-state index is 13.4. The summed E-state index contributed by atoms with van der Waals surface area (Å²) < 4.78 is 18.4. The number of non-ortho nitro benzene ring substituents is 1. The number of nitrogens with zero attached hydrogens (tertiary/aromatic N) is 1. The normalized spacial score (nSPS) is 11.5. The van der Waals surface area contributed by atoms with Crippen molar-refractivity contribution in [3.8, 4) is 0 Å². The van der Waals surface area contributed by atoms with Crippen molar-refractivity contribution in [2.24, 2.45) is 0 Å². The number of ether oxygens (including phenoxy) is 1. The fraction of sp³-hybridized carbons (Fsp3) is 0.222. The number of halogens is 1. The fourth-order valence-electron chi connectivity index (χ4n) is 2.02. The van der Waals surface area contributed by atoms with Crippen molar-refractivity contribution in [1.29, 1.82) is 0 Å². The average molecular weight is 392 g/mol. The predicted octanol–water partition coefficient (Wildman–Crippen LogP) is 3.70. The van der Waals surface area contributed by atoms with Gasteiger partial charge in [-0.05, 0) is 43.7 Å². The van der Waals surface area contributed by atoms with Crippen LogP contribution in [0.2, 0.25) is 0 Å². The second kappa shape index (κ2) is 9.13. The van der Waals surface area contributed by atoms with E-state index in [1.165, 1.54) is 36.4 Å². The molecule has 0 radical (unpaired) electrons. The summed E-state index contributed by atoms with van der Waals surface area (Å²) in [5.41, 5.74) is 0.683. The van der Waals surface area contributed by atoms with Gasteiger partial charge in [-0.3, -0.25) is 19.7 Å². The Kier molecular flexibility index (Phi) is 6.89. The first-order valence-electron chi connectivity index (χ1n) is 7.90. The van der Waals surface area contributed by atoms with Gasteiger partial charge in [0.25, 0.3) is 11.6 Å². The first-order chi connectivity index (χ1) is 12.8. The molecule has 0 aliphatic rings. The molecule has 1 atom stereocenters. The van der Waals surface area contributed by atoms with Gasteiger partial charge in [-0.15, -0.1) is 11.8 Å². The Morgan fingerprint density at radius 2 is 1.93 bits per heavy atom. The lowest BCUT2D eigenvalue weighted by Crippen LogP contribution is -2.24. The van der Waals surface area contributed by atoms with Crippen LogP contribution in [0.5, 0.6) is 0 Å². The van der Waals surface area contributed by atoms with E-state index in [4.69, 9.17) is 4.74 Å². The van der Waals surface area contributed by atoms with Crippen molar-refractivity contribution < 1.29 is 23.6 Å². The molecule has 0 heterocycles. The molecule has 2 rings (SSSR count). The second-order valence-corrected chi connectivity index (χ2v) is 7.05. The molecule has 7 nitrogen and oxygen atoms in total. The number of nitro groups is 1. The monoisotopic (exact) mass is 392 g/mol. The van der Waals surface area contributed by atoms with Crippen LogP contribution >= 0.6 is 11.8 Å². The number of carbonyl (C=O) groups excluding carboxylic acids is 2. The third-order valence-corrected chi connectivity index (χ3v) is 4.58. The first-order valence-corrected chi connectivity index (χ1v) is 8.78. The number of anilines is 1. The van der Waals surface area contributed by atoms with Crippen LogP contribution in [-0.4, -0.2) is 28.7 Å². The minimum atomic E-state index is -0.615. The molecule has 27 heavy (non-hydrogen) atoms. The molecule has 0 saturated heterocycles. The molecule has 0 saturated carbocycles. The number of nitro benzene ring substituents is 1. The summed E-state index contributed by atoms with van der Waals surface area (Å²) in [5.74, 6) is -1.64. The number of aryl methyl sites for hydroxylation is 1. The number of thioether (sulfide) groups is 1. The topological polar surface area (TPSA) is 98.5 Å². The molecule has 9 heteroatoms. The van der Waals surface area contributed by atoms with Gasteiger partial charge in [-0.25, -0.2) is 4.39 Å². The Labute approximate surface area is 159 Å². The van der Waals surface area contributed by atoms with Crippen molar-refractivity contribution in [2.45, 2.75) is 24.0 Å². The van der Waals surface area contributed by atoms with Crippen molar-refractivity contribution in [3.05, 3.63) is 64.0 Å². The van der Waals surface area contributed by atoms with Crippen molar-refractivity contribution in [2.75, 3.05) is 11.9 Å². The zero-order valence-electron chi connectivity index (χ0n) is 14.6. The summed E-state index contributed by atoms with van der Waals surface area (Å²) in [5, 5.41) is 12.5. The summed E-state index contributed by atoms with van der Waals surface area (Å²) >= 11 is 1.15. The zero-order valence-corrected chi connectivity index (χ0v) is 15.4. The Morgan fingerprint density at radius 1 is 1.26 bits per heavy atom. The molecule has 0 spiro atoms. The van der Waals surface area contributed by atoms with Crippen molar-refractivity contribution >= 4 is 35.0 Å². The van der Waals surface area contributed by atoms with Crippen LogP contribution in [0.3, 0.4) is 0 Å². The highest BCUT2D eigenvalue weighted by atomic mass is 32.2. The molecule has 0 aliphatic heterocycles. The van der Waals surface area contributed by atoms with Gasteiger partial charge in [0.1, 0.15) is 11.1 Å². The number of carbonyl (C=O) groups is 2. The van der Waals surface area contributed by atoms with E-state index in [1.54, 1.807) is 19.9 Å². The summed E-state index contributed by atoms with van der Waals surface area (Å²) in [4.78, 5) is 34.6. The molecule has 0 bridgehead atoms. The molecule has 0 aliphatic carbocycles. The summed E-state index contributed by atoms with van der Waals surface area (Å²) in [6, 6.07) is 10.0. The molecule has 0 unspecified atom stereocenters. The van der Waals surface area contributed by atoms with Crippen LogP contribution in [-0.2, 0) is 14.3 Å².